The number of nitrogen functional groups attached to an aromatic ring is 1. The van der Waals surface area contributed by atoms with Crippen LogP contribution in [-0.2, 0) is 19.9 Å². The first kappa shape index (κ1) is 27.4. The zero-order valence-corrected chi connectivity index (χ0v) is 21.9. The zero-order valence-electron chi connectivity index (χ0n) is 20.2. The molecule has 0 bridgehead atoms. The van der Waals surface area contributed by atoms with E-state index in [-0.39, 0.29) is 4.90 Å². The molecule has 0 amide bonds. The molecule has 34 heavy (non-hydrogen) atoms. The van der Waals surface area contributed by atoms with E-state index in [0.717, 1.165) is 29.9 Å². The van der Waals surface area contributed by atoms with Gasteiger partial charge in [0, 0.05) is 18.8 Å². The summed E-state index contributed by atoms with van der Waals surface area (Å²) in [6, 6.07) is 16.9. The van der Waals surface area contributed by atoms with Crippen LogP contribution in [0.2, 0.25) is 0 Å². The number of aryl methyl sites for hydroxylation is 3. The van der Waals surface area contributed by atoms with Crippen LogP contribution in [0.3, 0.4) is 0 Å². The monoisotopic (exact) mass is 503 g/mol. The molecule has 9 heteroatoms. The van der Waals surface area contributed by atoms with Gasteiger partial charge in [-0.15, -0.1) is 0 Å². The summed E-state index contributed by atoms with van der Waals surface area (Å²) in [6.07, 6.45) is 0. The maximum absolute atomic E-state index is 13.4. The smallest absolute Gasteiger partial charge is 0.238 e. The SMILES string of the molecule is CCN(CC)c1cccc(C)c1S(=O)(=O)c1cc(C)c(N)cc1C.NS(=O)(=O)c1ccccc1. The quantitative estimate of drug-likeness (QED) is 0.486. The third-order valence-electron chi connectivity index (χ3n) is 5.49. The van der Waals surface area contributed by atoms with Gasteiger partial charge in [-0.2, -0.15) is 0 Å². The molecule has 0 heterocycles. The number of nitrogens with zero attached hydrogens (tertiary/aromatic N) is 1. The number of benzene rings is 3. The van der Waals surface area contributed by atoms with Crippen LogP contribution in [0.4, 0.5) is 11.4 Å². The van der Waals surface area contributed by atoms with Gasteiger partial charge in [0.1, 0.15) is 0 Å². The Bertz CT molecular complexity index is 1350. The Balaban J connectivity index is 0.000000340. The van der Waals surface area contributed by atoms with Crippen molar-refractivity contribution >= 4 is 31.2 Å². The van der Waals surface area contributed by atoms with Crippen molar-refractivity contribution in [1.82, 2.24) is 0 Å². The molecule has 3 aromatic rings. The van der Waals surface area contributed by atoms with Gasteiger partial charge in [-0.1, -0.05) is 30.3 Å². The third kappa shape index (κ3) is 6.16. The molecule has 3 rings (SSSR count). The summed E-state index contributed by atoms with van der Waals surface area (Å²) in [5, 5.41) is 4.83. The zero-order chi connectivity index (χ0) is 25.7. The molecule has 0 unspecified atom stereocenters. The van der Waals surface area contributed by atoms with Gasteiger partial charge in [0.25, 0.3) is 0 Å². The van der Waals surface area contributed by atoms with Crippen molar-refractivity contribution in [3.05, 3.63) is 77.4 Å². The third-order valence-corrected chi connectivity index (χ3v) is 8.51. The van der Waals surface area contributed by atoms with Crippen LogP contribution < -0.4 is 15.8 Å². The molecule has 4 N–H and O–H groups in total. The second-order valence-corrected chi connectivity index (χ2v) is 11.3. The van der Waals surface area contributed by atoms with Gasteiger partial charge in [-0.3, -0.25) is 0 Å². The van der Waals surface area contributed by atoms with E-state index >= 15 is 0 Å². The molecule has 3 aromatic carbocycles. The molecular weight excluding hydrogens is 470 g/mol. The van der Waals surface area contributed by atoms with E-state index in [0.29, 0.717) is 21.0 Å². The minimum atomic E-state index is -3.63. The van der Waals surface area contributed by atoms with Gasteiger partial charge in [-0.25, -0.2) is 22.0 Å². The van der Waals surface area contributed by atoms with Gasteiger partial charge in [-0.05, 0) is 81.6 Å². The average molecular weight is 504 g/mol. The molecule has 0 saturated heterocycles. The van der Waals surface area contributed by atoms with Gasteiger partial charge >= 0.3 is 0 Å². The fraction of sp³-hybridized carbons (Fsp3) is 0.280. The van der Waals surface area contributed by atoms with Crippen molar-refractivity contribution in [2.45, 2.75) is 49.3 Å². The summed E-state index contributed by atoms with van der Waals surface area (Å²) in [5.74, 6) is 0. The number of anilines is 2. The highest BCUT2D eigenvalue weighted by atomic mass is 32.2. The molecule has 0 saturated carbocycles. The van der Waals surface area contributed by atoms with Crippen LogP contribution in [0.1, 0.15) is 30.5 Å². The molecule has 0 aliphatic heterocycles. The first-order valence-electron chi connectivity index (χ1n) is 10.9. The number of primary sulfonamides is 1. The van der Waals surface area contributed by atoms with Crippen molar-refractivity contribution < 1.29 is 16.8 Å². The van der Waals surface area contributed by atoms with E-state index in [1.807, 2.05) is 45.9 Å². The molecule has 0 fully saturated rings. The second kappa shape index (κ2) is 11.0. The lowest BCUT2D eigenvalue weighted by Crippen LogP contribution is -2.24. The Morgan fingerprint density at radius 1 is 0.765 bits per heavy atom. The van der Waals surface area contributed by atoms with E-state index in [4.69, 9.17) is 10.9 Å². The van der Waals surface area contributed by atoms with Crippen molar-refractivity contribution in [2.24, 2.45) is 5.14 Å². The number of rotatable bonds is 6. The highest BCUT2D eigenvalue weighted by Gasteiger charge is 2.27. The lowest BCUT2D eigenvalue weighted by Gasteiger charge is -2.25. The van der Waals surface area contributed by atoms with Gasteiger partial charge < -0.3 is 10.6 Å². The predicted molar refractivity (Wildman–Crippen MR) is 138 cm³/mol. The average Bonchev–Trinajstić information content (AvgIpc) is 2.77. The minimum Gasteiger partial charge on any atom is -0.399 e. The molecular formula is C25H33N3O4S2. The van der Waals surface area contributed by atoms with E-state index in [1.165, 1.54) is 12.1 Å². The number of hydrogen-bond donors (Lipinski definition) is 2. The lowest BCUT2D eigenvalue weighted by atomic mass is 10.1. The van der Waals surface area contributed by atoms with Gasteiger partial charge in [0.2, 0.25) is 19.9 Å². The van der Waals surface area contributed by atoms with Gasteiger partial charge in [0.15, 0.2) is 0 Å². The van der Waals surface area contributed by atoms with E-state index < -0.39 is 19.9 Å². The first-order chi connectivity index (χ1) is 15.8. The molecule has 7 nitrogen and oxygen atoms in total. The maximum atomic E-state index is 13.4. The number of nitrogens with two attached hydrogens (primary N) is 2. The molecule has 0 aliphatic rings. The van der Waals surface area contributed by atoms with E-state index in [1.54, 1.807) is 37.3 Å². The fourth-order valence-corrected chi connectivity index (χ4v) is 6.16. The number of sulfonamides is 1. The molecule has 0 spiro atoms. The predicted octanol–water partition coefficient (Wildman–Crippen LogP) is 4.21. The molecule has 0 atom stereocenters. The van der Waals surface area contributed by atoms with E-state index in [9.17, 15) is 16.8 Å². The Morgan fingerprint density at radius 3 is 1.85 bits per heavy atom. The van der Waals surface area contributed by atoms with Crippen molar-refractivity contribution in [3.63, 3.8) is 0 Å². The number of sulfone groups is 1. The summed E-state index contributed by atoms with van der Waals surface area (Å²) in [6.45, 7) is 11.0. The standard InChI is InChI=1S/C19H26N2O2S.C6H7NO2S/c1-6-21(7-2)17-10-8-9-13(3)19(17)24(22,23)18-12-14(4)16(20)11-15(18)5;7-10(8,9)6-4-2-1-3-5-6/h8-12H,6-7,20H2,1-5H3;1-5H,(H2,7,8,9). The molecule has 184 valence electrons. The van der Waals surface area contributed by atoms with Crippen LogP contribution in [0.5, 0.6) is 0 Å². The topological polar surface area (TPSA) is 124 Å². The normalized spacial score (nSPS) is 11.5. The van der Waals surface area contributed by atoms with Crippen LogP contribution in [0.25, 0.3) is 0 Å². The summed E-state index contributed by atoms with van der Waals surface area (Å²) < 4.78 is 48.1. The summed E-state index contributed by atoms with van der Waals surface area (Å²) in [5.41, 5.74) is 9.49. The van der Waals surface area contributed by atoms with E-state index in [2.05, 4.69) is 4.90 Å². The van der Waals surface area contributed by atoms with Crippen LogP contribution in [-0.4, -0.2) is 29.9 Å². The Hall–Kier alpha value is -2.88. The minimum absolute atomic E-state index is 0.148. The second-order valence-electron chi connectivity index (χ2n) is 7.93. The molecule has 0 aromatic heterocycles. The Labute approximate surface area is 203 Å². The van der Waals surface area contributed by atoms with Crippen molar-refractivity contribution in [1.29, 1.82) is 0 Å². The first-order valence-corrected chi connectivity index (χ1v) is 13.9. The Kier molecular flexibility index (Phi) is 8.88. The fourth-order valence-electron chi connectivity index (χ4n) is 3.62. The molecule has 0 radical (unpaired) electrons. The summed E-state index contributed by atoms with van der Waals surface area (Å²) in [4.78, 5) is 2.94. The van der Waals surface area contributed by atoms with Crippen LogP contribution in [0, 0.1) is 20.8 Å². The highest BCUT2D eigenvalue weighted by Crippen LogP contribution is 2.35. The largest absolute Gasteiger partial charge is 0.399 e. The van der Waals surface area contributed by atoms with Crippen LogP contribution >= 0.6 is 0 Å². The maximum Gasteiger partial charge on any atom is 0.238 e. The number of hydrogen-bond acceptors (Lipinski definition) is 6. The van der Waals surface area contributed by atoms with Crippen molar-refractivity contribution in [3.8, 4) is 0 Å². The molecule has 0 aliphatic carbocycles. The van der Waals surface area contributed by atoms with Gasteiger partial charge in [0.05, 0.1) is 20.4 Å². The van der Waals surface area contributed by atoms with Crippen LogP contribution in [0.15, 0.2) is 75.4 Å². The van der Waals surface area contributed by atoms with Crippen molar-refractivity contribution in [2.75, 3.05) is 23.7 Å². The Morgan fingerprint density at radius 2 is 1.35 bits per heavy atom. The summed E-state index contributed by atoms with van der Waals surface area (Å²) >= 11 is 0. The summed E-state index contributed by atoms with van der Waals surface area (Å²) in [7, 11) is -7.14. The lowest BCUT2D eigenvalue weighted by molar-refractivity contribution is 0.593. The highest BCUT2D eigenvalue weighted by molar-refractivity contribution is 7.91.